The lowest BCUT2D eigenvalue weighted by Gasteiger charge is -2.25. The second-order valence-corrected chi connectivity index (χ2v) is 4.71. The van der Waals surface area contributed by atoms with E-state index in [0.717, 1.165) is 12.8 Å². The summed E-state index contributed by atoms with van der Waals surface area (Å²) in [6.45, 7) is 0. The lowest BCUT2D eigenvalue weighted by molar-refractivity contribution is 0.0589. The molecule has 1 aliphatic carbocycles. The predicted molar refractivity (Wildman–Crippen MR) is 71.8 cm³/mol. The number of benzene rings is 1. The Hall–Kier alpha value is -1.71. The van der Waals surface area contributed by atoms with Crippen LogP contribution in [0, 0.1) is 0 Å². The minimum Gasteiger partial charge on any atom is -0.493 e. The Bertz CT molecular complexity index is 436. The third kappa shape index (κ3) is 3.19. The highest BCUT2D eigenvalue weighted by Crippen LogP contribution is 2.34. The molecule has 0 N–H and O–H groups in total. The summed E-state index contributed by atoms with van der Waals surface area (Å²) in [6.07, 6.45) is 5.82. The van der Waals surface area contributed by atoms with Crippen LogP contribution < -0.4 is 9.47 Å². The standard InChI is InChI=1S/C15H20O4/c1-17-13-10-6-9-12(15(16)18-2)14(13)19-11-7-4-3-5-8-11/h6,9-11H,3-5,7-8H2,1-2H3. The summed E-state index contributed by atoms with van der Waals surface area (Å²) in [5.74, 6) is 0.682. The van der Waals surface area contributed by atoms with Crippen molar-refractivity contribution in [1.29, 1.82) is 0 Å². The zero-order chi connectivity index (χ0) is 13.7. The second-order valence-electron chi connectivity index (χ2n) is 4.71. The molecule has 4 heteroatoms. The molecular weight excluding hydrogens is 244 g/mol. The van der Waals surface area contributed by atoms with Crippen LogP contribution in [0.5, 0.6) is 11.5 Å². The second kappa shape index (κ2) is 6.45. The van der Waals surface area contributed by atoms with Gasteiger partial charge in [-0.3, -0.25) is 0 Å². The number of rotatable bonds is 4. The van der Waals surface area contributed by atoms with Gasteiger partial charge in [0.2, 0.25) is 0 Å². The summed E-state index contributed by atoms with van der Waals surface area (Å²) in [7, 11) is 2.94. The van der Waals surface area contributed by atoms with Crippen molar-refractivity contribution in [2.75, 3.05) is 14.2 Å². The smallest absolute Gasteiger partial charge is 0.341 e. The van der Waals surface area contributed by atoms with Crippen molar-refractivity contribution >= 4 is 5.97 Å². The fourth-order valence-electron chi connectivity index (χ4n) is 2.42. The van der Waals surface area contributed by atoms with Gasteiger partial charge in [-0.2, -0.15) is 0 Å². The van der Waals surface area contributed by atoms with Gasteiger partial charge in [-0.05, 0) is 37.8 Å². The summed E-state index contributed by atoms with van der Waals surface area (Å²) in [6, 6.07) is 5.26. The maximum absolute atomic E-state index is 11.8. The maximum atomic E-state index is 11.8. The highest BCUT2D eigenvalue weighted by Gasteiger charge is 2.22. The molecule has 1 saturated carbocycles. The van der Waals surface area contributed by atoms with Gasteiger partial charge >= 0.3 is 5.97 Å². The van der Waals surface area contributed by atoms with E-state index in [1.807, 2.05) is 0 Å². The summed E-state index contributed by atoms with van der Waals surface area (Å²) < 4.78 is 16.1. The quantitative estimate of drug-likeness (QED) is 0.783. The van der Waals surface area contributed by atoms with Gasteiger partial charge < -0.3 is 14.2 Å². The van der Waals surface area contributed by atoms with Crippen molar-refractivity contribution < 1.29 is 19.0 Å². The molecule has 4 nitrogen and oxygen atoms in total. The highest BCUT2D eigenvalue weighted by molar-refractivity contribution is 5.93. The topological polar surface area (TPSA) is 44.8 Å². The Kier molecular flexibility index (Phi) is 4.66. The average Bonchev–Trinajstić information content (AvgIpc) is 2.47. The molecule has 0 aromatic heterocycles. The molecular formula is C15H20O4. The number of carbonyl (C=O) groups excluding carboxylic acids is 1. The molecule has 1 fully saturated rings. The third-order valence-electron chi connectivity index (χ3n) is 3.44. The Morgan fingerprint density at radius 3 is 2.53 bits per heavy atom. The van der Waals surface area contributed by atoms with E-state index < -0.39 is 5.97 Å². The summed E-state index contributed by atoms with van der Waals surface area (Å²) in [5, 5.41) is 0. The number of carbonyl (C=O) groups is 1. The van der Waals surface area contributed by atoms with Crippen LogP contribution in [0.1, 0.15) is 42.5 Å². The van der Waals surface area contributed by atoms with E-state index in [4.69, 9.17) is 14.2 Å². The number of hydrogen-bond acceptors (Lipinski definition) is 4. The van der Waals surface area contributed by atoms with Gasteiger partial charge in [0.15, 0.2) is 11.5 Å². The molecule has 0 radical (unpaired) electrons. The first-order valence-electron chi connectivity index (χ1n) is 6.68. The molecule has 0 bridgehead atoms. The fourth-order valence-corrected chi connectivity index (χ4v) is 2.42. The molecule has 1 aliphatic rings. The summed E-state index contributed by atoms with van der Waals surface area (Å²) >= 11 is 0. The first kappa shape index (κ1) is 13.7. The van der Waals surface area contributed by atoms with Gasteiger partial charge in [0.05, 0.1) is 20.3 Å². The largest absolute Gasteiger partial charge is 0.493 e. The molecule has 1 aromatic rings. The minimum atomic E-state index is -0.398. The first-order chi connectivity index (χ1) is 9.26. The van der Waals surface area contributed by atoms with Crippen LogP contribution >= 0.6 is 0 Å². The monoisotopic (exact) mass is 264 g/mol. The van der Waals surface area contributed by atoms with Crippen LogP contribution in [0.2, 0.25) is 0 Å². The maximum Gasteiger partial charge on any atom is 0.341 e. The number of ether oxygens (including phenoxy) is 3. The minimum absolute atomic E-state index is 0.161. The van der Waals surface area contributed by atoms with Gasteiger partial charge in [-0.1, -0.05) is 12.5 Å². The predicted octanol–water partition coefficient (Wildman–Crippen LogP) is 3.19. The molecule has 2 rings (SSSR count). The molecule has 0 atom stereocenters. The number of methoxy groups -OCH3 is 2. The van der Waals surface area contributed by atoms with Crippen molar-refractivity contribution in [2.45, 2.75) is 38.2 Å². The Balaban J connectivity index is 2.26. The third-order valence-corrected chi connectivity index (χ3v) is 3.44. The highest BCUT2D eigenvalue weighted by atomic mass is 16.5. The molecule has 0 unspecified atom stereocenters. The number of para-hydroxylation sites is 1. The van der Waals surface area contributed by atoms with Crippen LogP contribution in [0.3, 0.4) is 0 Å². The molecule has 104 valence electrons. The van der Waals surface area contributed by atoms with Crippen molar-refractivity contribution in [3.8, 4) is 11.5 Å². The summed E-state index contributed by atoms with van der Waals surface area (Å²) in [5.41, 5.74) is 0.424. The van der Waals surface area contributed by atoms with E-state index in [9.17, 15) is 4.79 Å². The van der Waals surface area contributed by atoms with Crippen LogP contribution in [0.4, 0.5) is 0 Å². The Morgan fingerprint density at radius 1 is 1.16 bits per heavy atom. The molecule has 0 saturated heterocycles. The van der Waals surface area contributed by atoms with Crippen LogP contribution in [0.15, 0.2) is 18.2 Å². The zero-order valence-electron chi connectivity index (χ0n) is 11.5. The zero-order valence-corrected chi connectivity index (χ0v) is 11.5. The van der Waals surface area contributed by atoms with E-state index in [-0.39, 0.29) is 6.10 Å². The van der Waals surface area contributed by atoms with E-state index in [0.29, 0.717) is 17.1 Å². The molecule has 19 heavy (non-hydrogen) atoms. The van der Waals surface area contributed by atoms with Crippen molar-refractivity contribution in [3.63, 3.8) is 0 Å². The Morgan fingerprint density at radius 2 is 1.89 bits per heavy atom. The Labute approximate surface area is 113 Å². The van der Waals surface area contributed by atoms with Gasteiger partial charge in [0.25, 0.3) is 0 Å². The van der Waals surface area contributed by atoms with E-state index in [2.05, 4.69) is 0 Å². The molecule has 0 aliphatic heterocycles. The van der Waals surface area contributed by atoms with Gasteiger partial charge in [0.1, 0.15) is 5.56 Å². The van der Waals surface area contributed by atoms with Crippen LogP contribution in [0.25, 0.3) is 0 Å². The van der Waals surface area contributed by atoms with Gasteiger partial charge in [-0.25, -0.2) is 4.79 Å². The normalized spacial score (nSPS) is 15.9. The van der Waals surface area contributed by atoms with Gasteiger partial charge in [-0.15, -0.1) is 0 Å². The average molecular weight is 264 g/mol. The lowest BCUT2D eigenvalue weighted by atomic mass is 9.97. The number of hydrogen-bond donors (Lipinski definition) is 0. The molecule has 1 aromatic carbocycles. The molecule has 0 heterocycles. The number of esters is 1. The molecule has 0 amide bonds. The molecule has 0 spiro atoms. The fraction of sp³-hybridized carbons (Fsp3) is 0.533. The van der Waals surface area contributed by atoms with Crippen LogP contribution in [-0.2, 0) is 4.74 Å². The SMILES string of the molecule is COC(=O)c1cccc(OC)c1OC1CCCCC1. The van der Waals surface area contributed by atoms with Crippen molar-refractivity contribution in [3.05, 3.63) is 23.8 Å². The van der Waals surface area contributed by atoms with E-state index in [1.165, 1.54) is 26.4 Å². The van der Waals surface area contributed by atoms with E-state index in [1.54, 1.807) is 25.3 Å². The van der Waals surface area contributed by atoms with Crippen molar-refractivity contribution in [2.24, 2.45) is 0 Å². The lowest BCUT2D eigenvalue weighted by Crippen LogP contribution is -2.21. The van der Waals surface area contributed by atoms with Crippen molar-refractivity contribution in [1.82, 2.24) is 0 Å². The van der Waals surface area contributed by atoms with E-state index >= 15 is 0 Å². The van der Waals surface area contributed by atoms with Gasteiger partial charge in [0, 0.05) is 0 Å². The van der Waals surface area contributed by atoms with Crippen LogP contribution in [-0.4, -0.2) is 26.3 Å². The summed E-state index contributed by atoms with van der Waals surface area (Å²) in [4.78, 5) is 11.8. The first-order valence-corrected chi connectivity index (χ1v) is 6.68.